The van der Waals surface area contributed by atoms with Gasteiger partial charge in [0.25, 0.3) is 5.56 Å². The van der Waals surface area contributed by atoms with Gasteiger partial charge in [-0.1, -0.05) is 12.2 Å². The van der Waals surface area contributed by atoms with E-state index in [-0.39, 0.29) is 5.56 Å². The van der Waals surface area contributed by atoms with Gasteiger partial charge in [0, 0.05) is 17.8 Å². The predicted octanol–water partition coefficient (Wildman–Crippen LogP) is 1.39. The minimum atomic E-state index is -0.0409. The molecular formula is C11H16N2O. The minimum Gasteiger partial charge on any atom is -0.329 e. The molecule has 0 aromatic carbocycles. The Kier molecular flexibility index (Phi) is 4.13. The summed E-state index contributed by atoms with van der Waals surface area (Å²) in [5, 5.41) is 3.13. The van der Waals surface area contributed by atoms with Gasteiger partial charge in [0.15, 0.2) is 0 Å². The lowest BCUT2D eigenvalue weighted by atomic mass is 10.2. The van der Waals surface area contributed by atoms with Gasteiger partial charge in [-0.2, -0.15) is 0 Å². The summed E-state index contributed by atoms with van der Waals surface area (Å²) >= 11 is 0. The lowest BCUT2D eigenvalue weighted by Gasteiger charge is -2.04. The van der Waals surface area contributed by atoms with Crippen molar-refractivity contribution in [2.24, 2.45) is 0 Å². The van der Waals surface area contributed by atoms with E-state index in [9.17, 15) is 4.79 Å². The van der Waals surface area contributed by atoms with Crippen LogP contribution in [-0.2, 0) is 0 Å². The summed E-state index contributed by atoms with van der Waals surface area (Å²) in [6.45, 7) is 2.10. The molecule has 0 saturated heterocycles. The second kappa shape index (κ2) is 5.40. The maximum absolute atomic E-state index is 11.2. The molecule has 1 aromatic heterocycles. The summed E-state index contributed by atoms with van der Waals surface area (Å²) in [5.41, 5.74) is 0.664. The van der Waals surface area contributed by atoms with Crippen LogP contribution in [0.15, 0.2) is 29.2 Å². The number of nitrogens with one attached hydrogen (secondary N) is 2. The fraction of sp³-hybridized carbons (Fsp3) is 0.364. The molecule has 0 radical (unpaired) electrons. The largest absolute Gasteiger partial charge is 0.329 e. The van der Waals surface area contributed by atoms with Gasteiger partial charge in [-0.15, -0.1) is 0 Å². The SMILES string of the molecule is CNC(C)C/C=C/c1ccc[nH]c1=O. The van der Waals surface area contributed by atoms with Crippen LogP contribution in [0.3, 0.4) is 0 Å². The molecule has 0 amide bonds. The lowest BCUT2D eigenvalue weighted by Crippen LogP contribution is -2.19. The van der Waals surface area contributed by atoms with E-state index in [1.165, 1.54) is 0 Å². The van der Waals surface area contributed by atoms with Crippen LogP contribution < -0.4 is 10.9 Å². The number of hydrogen-bond acceptors (Lipinski definition) is 2. The Labute approximate surface area is 83.9 Å². The van der Waals surface area contributed by atoms with Gasteiger partial charge < -0.3 is 10.3 Å². The summed E-state index contributed by atoms with van der Waals surface area (Å²) in [4.78, 5) is 13.9. The Bertz CT molecular complexity index is 354. The molecule has 76 valence electrons. The summed E-state index contributed by atoms with van der Waals surface area (Å²) < 4.78 is 0. The van der Waals surface area contributed by atoms with Crippen molar-refractivity contribution in [1.29, 1.82) is 0 Å². The predicted molar refractivity (Wildman–Crippen MR) is 59.2 cm³/mol. The highest BCUT2D eigenvalue weighted by Crippen LogP contribution is 1.97. The molecule has 0 bridgehead atoms. The molecule has 14 heavy (non-hydrogen) atoms. The molecule has 0 aliphatic heterocycles. The highest BCUT2D eigenvalue weighted by atomic mass is 16.1. The number of rotatable bonds is 4. The van der Waals surface area contributed by atoms with Gasteiger partial charge in [-0.25, -0.2) is 0 Å². The van der Waals surface area contributed by atoms with E-state index >= 15 is 0 Å². The van der Waals surface area contributed by atoms with Gasteiger partial charge in [-0.05, 0) is 32.5 Å². The van der Waals surface area contributed by atoms with Gasteiger partial charge in [0.05, 0.1) is 0 Å². The van der Waals surface area contributed by atoms with E-state index in [2.05, 4.69) is 17.2 Å². The second-order valence-corrected chi connectivity index (χ2v) is 3.28. The summed E-state index contributed by atoms with van der Waals surface area (Å²) in [6, 6.07) is 4.07. The topological polar surface area (TPSA) is 44.9 Å². The average molecular weight is 192 g/mol. The van der Waals surface area contributed by atoms with Crippen molar-refractivity contribution in [2.75, 3.05) is 7.05 Å². The molecule has 0 aliphatic carbocycles. The van der Waals surface area contributed by atoms with Crippen molar-refractivity contribution in [3.05, 3.63) is 40.3 Å². The number of pyridine rings is 1. The third kappa shape index (κ3) is 3.18. The molecule has 0 saturated carbocycles. The molecule has 1 rings (SSSR count). The average Bonchev–Trinajstić information content (AvgIpc) is 2.20. The van der Waals surface area contributed by atoms with Crippen LogP contribution >= 0.6 is 0 Å². The number of hydrogen-bond donors (Lipinski definition) is 2. The van der Waals surface area contributed by atoms with Gasteiger partial charge in [0.1, 0.15) is 0 Å². The zero-order valence-corrected chi connectivity index (χ0v) is 8.58. The van der Waals surface area contributed by atoms with Crippen molar-refractivity contribution >= 4 is 6.08 Å². The summed E-state index contributed by atoms with van der Waals surface area (Å²) in [7, 11) is 1.92. The fourth-order valence-corrected chi connectivity index (χ4v) is 1.08. The van der Waals surface area contributed by atoms with E-state index in [4.69, 9.17) is 0 Å². The Hall–Kier alpha value is -1.35. The fourth-order valence-electron chi connectivity index (χ4n) is 1.08. The Morgan fingerprint density at radius 2 is 2.43 bits per heavy atom. The monoisotopic (exact) mass is 192 g/mol. The summed E-state index contributed by atoms with van der Waals surface area (Å²) in [6.07, 6.45) is 6.42. The zero-order chi connectivity index (χ0) is 10.4. The minimum absolute atomic E-state index is 0.0409. The quantitative estimate of drug-likeness (QED) is 0.757. The molecule has 3 heteroatoms. The molecule has 2 N–H and O–H groups in total. The molecule has 1 aromatic rings. The maximum atomic E-state index is 11.2. The maximum Gasteiger partial charge on any atom is 0.255 e. The van der Waals surface area contributed by atoms with Crippen LogP contribution in [-0.4, -0.2) is 18.1 Å². The van der Waals surface area contributed by atoms with Crippen LogP contribution in [0.5, 0.6) is 0 Å². The first kappa shape index (κ1) is 10.7. The van der Waals surface area contributed by atoms with Crippen molar-refractivity contribution in [1.82, 2.24) is 10.3 Å². The number of aromatic nitrogens is 1. The lowest BCUT2D eigenvalue weighted by molar-refractivity contribution is 0.621. The van der Waals surface area contributed by atoms with E-state index in [0.29, 0.717) is 11.6 Å². The van der Waals surface area contributed by atoms with E-state index in [0.717, 1.165) is 6.42 Å². The first-order valence-corrected chi connectivity index (χ1v) is 4.75. The molecule has 0 spiro atoms. The van der Waals surface area contributed by atoms with Crippen molar-refractivity contribution in [3.8, 4) is 0 Å². The summed E-state index contributed by atoms with van der Waals surface area (Å²) in [5.74, 6) is 0. The van der Waals surface area contributed by atoms with Gasteiger partial charge in [-0.3, -0.25) is 4.79 Å². The highest BCUT2D eigenvalue weighted by Gasteiger charge is 1.94. The third-order valence-electron chi connectivity index (χ3n) is 2.13. The third-order valence-corrected chi connectivity index (χ3v) is 2.13. The standard InChI is InChI=1S/C11H16N2O/c1-9(12-2)5-3-6-10-7-4-8-13-11(10)14/h3-4,6-9,12H,5H2,1-2H3,(H,13,14)/b6-3+. The van der Waals surface area contributed by atoms with Crippen LogP contribution in [0.2, 0.25) is 0 Å². The second-order valence-electron chi connectivity index (χ2n) is 3.28. The molecular weight excluding hydrogens is 176 g/mol. The van der Waals surface area contributed by atoms with E-state index in [1.54, 1.807) is 12.3 Å². The molecule has 1 unspecified atom stereocenters. The Morgan fingerprint density at radius 3 is 3.07 bits per heavy atom. The smallest absolute Gasteiger partial charge is 0.255 e. The van der Waals surface area contributed by atoms with E-state index in [1.807, 2.05) is 25.3 Å². The number of H-pyrrole nitrogens is 1. The van der Waals surface area contributed by atoms with Crippen LogP contribution in [0.25, 0.3) is 6.08 Å². The normalized spacial score (nSPS) is 13.3. The van der Waals surface area contributed by atoms with Gasteiger partial charge >= 0.3 is 0 Å². The van der Waals surface area contributed by atoms with Crippen molar-refractivity contribution in [2.45, 2.75) is 19.4 Å². The van der Waals surface area contributed by atoms with Crippen molar-refractivity contribution in [3.63, 3.8) is 0 Å². The Morgan fingerprint density at radius 1 is 1.64 bits per heavy atom. The molecule has 0 aliphatic rings. The van der Waals surface area contributed by atoms with Crippen LogP contribution in [0.1, 0.15) is 18.9 Å². The van der Waals surface area contributed by atoms with Crippen LogP contribution in [0.4, 0.5) is 0 Å². The van der Waals surface area contributed by atoms with Crippen molar-refractivity contribution < 1.29 is 0 Å². The molecule has 3 nitrogen and oxygen atoms in total. The number of aromatic amines is 1. The van der Waals surface area contributed by atoms with Crippen LogP contribution in [0, 0.1) is 0 Å². The van der Waals surface area contributed by atoms with E-state index < -0.39 is 0 Å². The first-order chi connectivity index (χ1) is 6.74. The molecule has 1 heterocycles. The van der Waals surface area contributed by atoms with Gasteiger partial charge in [0.2, 0.25) is 0 Å². The highest BCUT2D eigenvalue weighted by molar-refractivity contribution is 5.47. The molecule has 1 atom stereocenters. The Balaban J connectivity index is 2.61. The zero-order valence-electron chi connectivity index (χ0n) is 8.58. The first-order valence-electron chi connectivity index (χ1n) is 4.75. The molecule has 0 fully saturated rings.